The normalized spacial score (nSPS) is 11.2. The highest BCUT2D eigenvalue weighted by Gasteiger charge is 2.21. The number of benzene rings is 3. The van der Waals surface area contributed by atoms with Crippen LogP contribution >= 0.6 is 11.8 Å². The Kier molecular flexibility index (Phi) is 11.2. The summed E-state index contributed by atoms with van der Waals surface area (Å²) in [6.07, 6.45) is 4.89. The fraction of sp³-hybridized carbons (Fsp3) is 0.371. The van der Waals surface area contributed by atoms with Gasteiger partial charge in [-0.25, -0.2) is 9.78 Å². The van der Waals surface area contributed by atoms with Gasteiger partial charge in [-0.05, 0) is 66.6 Å². The largest absolute Gasteiger partial charge is 0.478 e. The lowest BCUT2D eigenvalue weighted by Gasteiger charge is -2.22. The molecule has 43 heavy (non-hydrogen) atoms. The number of carboxylic acids is 1. The second-order valence-corrected chi connectivity index (χ2v) is 11.9. The van der Waals surface area contributed by atoms with Crippen LogP contribution in [0.15, 0.2) is 60.7 Å². The molecule has 0 saturated carbocycles. The Bertz CT molecular complexity index is 1590. The van der Waals surface area contributed by atoms with Gasteiger partial charge in [-0.3, -0.25) is 9.59 Å². The van der Waals surface area contributed by atoms with Gasteiger partial charge < -0.3 is 14.6 Å². The predicted molar refractivity (Wildman–Crippen MR) is 175 cm³/mol. The van der Waals surface area contributed by atoms with Crippen molar-refractivity contribution in [2.24, 2.45) is 0 Å². The quantitative estimate of drug-likeness (QED) is 0.148. The van der Waals surface area contributed by atoms with Gasteiger partial charge in [-0.1, -0.05) is 81.4 Å². The first-order chi connectivity index (χ1) is 20.8. The maximum atomic E-state index is 13.8. The smallest absolute Gasteiger partial charge is 0.336 e. The number of amides is 1. The number of carboxylic acid groups (broad SMARTS) is 1. The minimum absolute atomic E-state index is 0.0681. The van der Waals surface area contributed by atoms with Crippen LogP contribution in [0.4, 0.5) is 0 Å². The number of aromatic nitrogens is 2. The van der Waals surface area contributed by atoms with E-state index in [1.165, 1.54) is 11.8 Å². The second-order valence-electron chi connectivity index (χ2n) is 10.9. The summed E-state index contributed by atoms with van der Waals surface area (Å²) in [4.78, 5) is 44.5. The zero-order valence-electron chi connectivity index (χ0n) is 25.6. The molecule has 1 N–H and O–H groups in total. The molecule has 0 aliphatic heterocycles. The standard InChI is InChI=1S/C35H41N3O4S/c1-5-8-19-37(23-43-32(39)12-7-3)34(40)27-20-24(4)33-30(21-27)38(31(36-33)11-6-2)22-25-15-17-26(18-16-25)28-13-9-10-14-29(28)35(41)42/h9-10,13-18,20-21H,5-8,11-12,19,22-23H2,1-4H3,(H,41,42). The van der Waals surface area contributed by atoms with Crippen LogP contribution in [0.2, 0.25) is 0 Å². The van der Waals surface area contributed by atoms with Crippen molar-refractivity contribution < 1.29 is 19.5 Å². The molecule has 0 bridgehead atoms. The van der Waals surface area contributed by atoms with E-state index < -0.39 is 5.97 Å². The molecule has 4 aromatic rings. The molecule has 4 rings (SSSR count). The molecule has 0 atom stereocenters. The molecule has 0 radical (unpaired) electrons. The first kappa shape index (κ1) is 32.0. The third-order valence-electron chi connectivity index (χ3n) is 7.51. The van der Waals surface area contributed by atoms with Gasteiger partial charge in [-0.2, -0.15) is 0 Å². The van der Waals surface area contributed by atoms with Crippen molar-refractivity contribution in [1.82, 2.24) is 14.5 Å². The van der Waals surface area contributed by atoms with E-state index in [9.17, 15) is 19.5 Å². The molecule has 0 unspecified atom stereocenters. The number of thioether (sulfide) groups is 1. The monoisotopic (exact) mass is 599 g/mol. The number of imidazole rings is 1. The van der Waals surface area contributed by atoms with Crippen molar-refractivity contribution in [3.05, 3.63) is 88.7 Å². The molecule has 1 aromatic heterocycles. The molecule has 0 spiro atoms. The molecule has 1 amide bonds. The van der Waals surface area contributed by atoms with Gasteiger partial charge in [0.25, 0.3) is 5.91 Å². The molecule has 0 aliphatic rings. The van der Waals surface area contributed by atoms with Crippen LogP contribution in [-0.2, 0) is 17.8 Å². The van der Waals surface area contributed by atoms with Crippen LogP contribution in [0, 0.1) is 6.92 Å². The van der Waals surface area contributed by atoms with Crippen molar-refractivity contribution in [2.75, 3.05) is 12.4 Å². The van der Waals surface area contributed by atoms with E-state index in [-0.39, 0.29) is 16.6 Å². The number of fused-ring (bicyclic) bond motifs is 1. The zero-order valence-corrected chi connectivity index (χ0v) is 26.4. The molecule has 8 heteroatoms. The van der Waals surface area contributed by atoms with E-state index >= 15 is 0 Å². The van der Waals surface area contributed by atoms with E-state index in [1.807, 2.05) is 62.4 Å². The van der Waals surface area contributed by atoms with Crippen LogP contribution < -0.4 is 0 Å². The molecule has 0 fully saturated rings. The lowest BCUT2D eigenvalue weighted by atomic mass is 9.98. The zero-order chi connectivity index (χ0) is 30.9. The Morgan fingerprint density at radius 2 is 1.70 bits per heavy atom. The minimum atomic E-state index is -0.950. The molecule has 226 valence electrons. The predicted octanol–water partition coefficient (Wildman–Crippen LogP) is 7.97. The number of aromatic carboxylic acids is 1. The maximum Gasteiger partial charge on any atom is 0.336 e. The highest BCUT2D eigenvalue weighted by molar-refractivity contribution is 8.13. The Morgan fingerprint density at radius 1 is 0.953 bits per heavy atom. The molecule has 0 aliphatic carbocycles. The number of nitrogens with zero attached hydrogens (tertiary/aromatic N) is 3. The summed E-state index contributed by atoms with van der Waals surface area (Å²) in [7, 11) is 0. The van der Waals surface area contributed by atoms with Gasteiger partial charge in [-0.15, -0.1) is 0 Å². The van der Waals surface area contributed by atoms with Crippen molar-refractivity contribution >= 4 is 39.8 Å². The van der Waals surface area contributed by atoms with Crippen molar-refractivity contribution in [3.8, 4) is 11.1 Å². The van der Waals surface area contributed by atoms with Gasteiger partial charge in [0.05, 0.1) is 22.5 Å². The molecule has 0 saturated heterocycles. The maximum absolute atomic E-state index is 13.8. The first-order valence-electron chi connectivity index (χ1n) is 15.1. The summed E-state index contributed by atoms with van der Waals surface area (Å²) in [5.41, 5.74) is 6.21. The van der Waals surface area contributed by atoms with Gasteiger partial charge in [0.2, 0.25) is 0 Å². The summed E-state index contributed by atoms with van der Waals surface area (Å²) in [6.45, 7) is 9.39. The van der Waals surface area contributed by atoms with Gasteiger partial charge in [0.15, 0.2) is 5.12 Å². The average molecular weight is 600 g/mol. The van der Waals surface area contributed by atoms with Crippen LogP contribution in [0.25, 0.3) is 22.2 Å². The Balaban J connectivity index is 1.68. The number of carbonyl (C=O) groups is 3. The number of hydrogen-bond acceptors (Lipinski definition) is 5. The van der Waals surface area contributed by atoms with E-state index in [0.29, 0.717) is 36.5 Å². The van der Waals surface area contributed by atoms with Gasteiger partial charge in [0.1, 0.15) is 5.82 Å². The van der Waals surface area contributed by atoms with Crippen LogP contribution in [0.1, 0.15) is 90.5 Å². The second kappa shape index (κ2) is 15.0. The fourth-order valence-corrected chi connectivity index (χ4v) is 6.13. The third kappa shape index (κ3) is 7.73. The molecule has 1 heterocycles. The SMILES string of the molecule is CCCCN(CSC(=O)CCC)C(=O)c1cc(C)c2nc(CCC)n(Cc3ccc(-c4ccccc4C(=O)O)cc3)c2c1. The minimum Gasteiger partial charge on any atom is -0.478 e. The number of hydrogen-bond donors (Lipinski definition) is 1. The van der Waals surface area contributed by atoms with Crippen LogP contribution in [-0.4, -0.2) is 49.0 Å². The average Bonchev–Trinajstić information content (AvgIpc) is 3.34. The highest BCUT2D eigenvalue weighted by Crippen LogP contribution is 2.28. The number of carbonyl (C=O) groups excluding carboxylic acids is 2. The molecular weight excluding hydrogens is 558 g/mol. The van der Waals surface area contributed by atoms with Crippen LogP contribution in [0.3, 0.4) is 0 Å². The Labute approximate surface area is 258 Å². The molecular formula is C35H41N3O4S. The lowest BCUT2D eigenvalue weighted by molar-refractivity contribution is -0.111. The van der Waals surface area contributed by atoms with E-state index in [1.54, 1.807) is 17.0 Å². The Morgan fingerprint density at radius 3 is 2.37 bits per heavy atom. The van der Waals surface area contributed by atoms with Crippen molar-refractivity contribution in [2.45, 2.75) is 72.8 Å². The summed E-state index contributed by atoms with van der Waals surface area (Å²) >= 11 is 1.22. The van der Waals surface area contributed by atoms with Gasteiger partial charge >= 0.3 is 5.97 Å². The molecule has 3 aromatic carbocycles. The van der Waals surface area contributed by atoms with Crippen molar-refractivity contribution in [1.29, 1.82) is 0 Å². The summed E-state index contributed by atoms with van der Waals surface area (Å²) in [5.74, 6) is 0.302. The highest BCUT2D eigenvalue weighted by atomic mass is 32.2. The van der Waals surface area contributed by atoms with E-state index in [4.69, 9.17) is 4.98 Å². The summed E-state index contributed by atoms with van der Waals surface area (Å²) < 4.78 is 2.19. The molecule has 7 nitrogen and oxygen atoms in total. The van der Waals surface area contributed by atoms with Crippen LogP contribution in [0.5, 0.6) is 0 Å². The topological polar surface area (TPSA) is 92.5 Å². The third-order valence-corrected chi connectivity index (χ3v) is 8.48. The summed E-state index contributed by atoms with van der Waals surface area (Å²) in [6, 6.07) is 18.8. The number of rotatable bonds is 14. The van der Waals surface area contributed by atoms with Gasteiger partial charge in [0, 0.05) is 31.5 Å². The summed E-state index contributed by atoms with van der Waals surface area (Å²) in [5, 5.41) is 9.73. The van der Waals surface area contributed by atoms with E-state index in [2.05, 4.69) is 18.4 Å². The van der Waals surface area contributed by atoms with Crippen molar-refractivity contribution in [3.63, 3.8) is 0 Å². The lowest BCUT2D eigenvalue weighted by Crippen LogP contribution is -2.32. The Hall–Kier alpha value is -3.91. The fourth-order valence-electron chi connectivity index (χ4n) is 5.23. The van der Waals surface area contributed by atoms with E-state index in [0.717, 1.165) is 65.7 Å². The first-order valence-corrected chi connectivity index (χ1v) is 16.1. The number of unbranched alkanes of at least 4 members (excludes halogenated alkanes) is 1. The number of aryl methyl sites for hydroxylation is 2.